The van der Waals surface area contributed by atoms with Gasteiger partial charge in [-0.2, -0.15) is 0 Å². The van der Waals surface area contributed by atoms with Gasteiger partial charge in [0.15, 0.2) is 0 Å². The van der Waals surface area contributed by atoms with Crippen LogP contribution in [0.2, 0.25) is 0 Å². The average molecular weight is 166 g/mol. The van der Waals surface area contributed by atoms with Gasteiger partial charge in [-0.25, -0.2) is 0 Å². The van der Waals surface area contributed by atoms with Crippen LogP contribution in [0, 0.1) is 5.41 Å². The van der Waals surface area contributed by atoms with Gasteiger partial charge in [-0.1, -0.05) is 23.8 Å². The molecule has 1 unspecified atom stereocenters. The van der Waals surface area contributed by atoms with Crippen molar-refractivity contribution in [3.8, 4) is 0 Å². The third-order valence-electron chi connectivity index (χ3n) is 2.44. The van der Waals surface area contributed by atoms with Gasteiger partial charge in [0.1, 0.15) is 5.41 Å². The second kappa shape index (κ2) is 3.13. The Morgan fingerprint density at radius 3 is 2.83 bits per heavy atom. The van der Waals surface area contributed by atoms with Crippen LogP contribution in [0.5, 0.6) is 0 Å². The van der Waals surface area contributed by atoms with Gasteiger partial charge in [0.2, 0.25) is 0 Å². The molecule has 12 heavy (non-hydrogen) atoms. The minimum atomic E-state index is -0.535. The minimum absolute atomic E-state index is 0.188. The third-order valence-corrected chi connectivity index (χ3v) is 2.44. The number of ether oxygens (including phenoxy) is 1. The lowest BCUT2D eigenvalue weighted by Gasteiger charge is -2.26. The van der Waals surface area contributed by atoms with Gasteiger partial charge < -0.3 is 4.74 Å². The number of hydrogen-bond acceptors (Lipinski definition) is 2. The van der Waals surface area contributed by atoms with E-state index in [1.807, 2.05) is 26.0 Å². The number of allylic oxidation sites excluding steroid dienone is 2. The Balaban J connectivity index is 2.95. The first-order chi connectivity index (χ1) is 5.61. The van der Waals surface area contributed by atoms with E-state index >= 15 is 0 Å². The smallest absolute Gasteiger partial charge is 0.319 e. The first kappa shape index (κ1) is 9.04. The highest BCUT2D eigenvalue weighted by atomic mass is 16.5. The van der Waals surface area contributed by atoms with E-state index in [0.717, 1.165) is 12.0 Å². The molecule has 1 aliphatic carbocycles. The topological polar surface area (TPSA) is 26.3 Å². The summed E-state index contributed by atoms with van der Waals surface area (Å²) in [5, 5.41) is 0. The molecule has 0 aromatic rings. The van der Waals surface area contributed by atoms with Gasteiger partial charge in [0, 0.05) is 0 Å². The third kappa shape index (κ3) is 1.29. The van der Waals surface area contributed by atoms with Crippen molar-refractivity contribution in [3.63, 3.8) is 0 Å². The van der Waals surface area contributed by atoms with Crippen molar-refractivity contribution in [1.82, 2.24) is 0 Å². The van der Waals surface area contributed by atoms with E-state index in [0.29, 0.717) is 0 Å². The molecule has 0 bridgehead atoms. The fraction of sp³-hybridized carbons (Fsp3) is 0.500. The largest absolute Gasteiger partial charge is 0.468 e. The highest BCUT2D eigenvalue weighted by Gasteiger charge is 2.34. The number of esters is 1. The summed E-state index contributed by atoms with van der Waals surface area (Å²) in [4.78, 5) is 11.4. The molecule has 2 nitrogen and oxygen atoms in total. The van der Waals surface area contributed by atoms with E-state index in [4.69, 9.17) is 4.74 Å². The van der Waals surface area contributed by atoms with Crippen LogP contribution < -0.4 is 0 Å². The van der Waals surface area contributed by atoms with E-state index in [1.54, 1.807) is 0 Å². The Morgan fingerprint density at radius 1 is 1.67 bits per heavy atom. The first-order valence-corrected chi connectivity index (χ1v) is 4.04. The number of carbonyl (C=O) groups is 1. The predicted molar refractivity (Wildman–Crippen MR) is 47.6 cm³/mol. The fourth-order valence-corrected chi connectivity index (χ4v) is 1.33. The lowest BCUT2D eigenvalue weighted by molar-refractivity contribution is -0.147. The highest BCUT2D eigenvalue weighted by Crippen LogP contribution is 2.33. The van der Waals surface area contributed by atoms with Crippen molar-refractivity contribution in [2.45, 2.75) is 20.3 Å². The molecule has 0 heterocycles. The Kier molecular flexibility index (Phi) is 2.36. The quantitative estimate of drug-likeness (QED) is 0.440. The van der Waals surface area contributed by atoms with E-state index in [-0.39, 0.29) is 5.97 Å². The van der Waals surface area contributed by atoms with Gasteiger partial charge in [-0.05, 0) is 20.3 Å². The van der Waals surface area contributed by atoms with E-state index in [2.05, 4.69) is 6.08 Å². The van der Waals surface area contributed by atoms with Crippen LogP contribution in [0.1, 0.15) is 20.3 Å². The summed E-state index contributed by atoms with van der Waals surface area (Å²) in [6, 6.07) is 0. The summed E-state index contributed by atoms with van der Waals surface area (Å²) < 4.78 is 4.73. The molecule has 0 spiro atoms. The normalized spacial score (nSPS) is 28.1. The first-order valence-electron chi connectivity index (χ1n) is 4.04. The molecule has 66 valence electrons. The molecular formula is C10H14O2. The predicted octanol–water partition coefficient (Wildman–Crippen LogP) is 2.07. The van der Waals surface area contributed by atoms with Crippen LogP contribution in [0.25, 0.3) is 0 Å². The maximum absolute atomic E-state index is 11.4. The average Bonchev–Trinajstić information content (AvgIpc) is 2.09. The zero-order valence-electron chi connectivity index (χ0n) is 7.76. The zero-order valence-corrected chi connectivity index (χ0v) is 7.76. The Labute approximate surface area is 72.9 Å². The second-order valence-electron chi connectivity index (χ2n) is 3.22. The molecule has 1 rings (SSSR count). The van der Waals surface area contributed by atoms with E-state index in [1.165, 1.54) is 7.11 Å². The molecule has 0 saturated heterocycles. The molecule has 2 heteroatoms. The lowest BCUT2D eigenvalue weighted by atomic mass is 9.79. The highest BCUT2D eigenvalue weighted by molar-refractivity contribution is 5.82. The van der Waals surface area contributed by atoms with Crippen molar-refractivity contribution < 1.29 is 9.53 Å². The van der Waals surface area contributed by atoms with Gasteiger partial charge in [0.05, 0.1) is 7.11 Å². The number of rotatable bonds is 1. The Morgan fingerprint density at radius 2 is 2.33 bits per heavy atom. The van der Waals surface area contributed by atoms with E-state index < -0.39 is 5.41 Å². The molecule has 0 aliphatic heterocycles. The van der Waals surface area contributed by atoms with Crippen LogP contribution in [0.15, 0.2) is 23.8 Å². The SMILES string of the molecule is COC(=O)C1(C)C=CCC=C1C. The summed E-state index contributed by atoms with van der Waals surface area (Å²) in [5.41, 5.74) is 0.532. The number of methoxy groups -OCH3 is 1. The molecule has 0 fully saturated rings. The molecule has 0 aromatic heterocycles. The summed E-state index contributed by atoms with van der Waals surface area (Å²) in [6.07, 6.45) is 6.87. The van der Waals surface area contributed by atoms with Crippen molar-refractivity contribution in [2.24, 2.45) is 5.41 Å². The van der Waals surface area contributed by atoms with Gasteiger partial charge in [-0.3, -0.25) is 4.79 Å². The molecule has 0 radical (unpaired) electrons. The van der Waals surface area contributed by atoms with Crippen LogP contribution in [-0.4, -0.2) is 13.1 Å². The van der Waals surface area contributed by atoms with Crippen molar-refractivity contribution in [2.75, 3.05) is 7.11 Å². The van der Waals surface area contributed by atoms with Crippen LogP contribution >= 0.6 is 0 Å². The zero-order chi connectivity index (χ0) is 9.19. The number of carbonyl (C=O) groups excluding carboxylic acids is 1. The Bertz CT molecular complexity index is 251. The molecule has 0 N–H and O–H groups in total. The van der Waals surface area contributed by atoms with Gasteiger partial charge in [-0.15, -0.1) is 0 Å². The van der Waals surface area contributed by atoms with E-state index in [9.17, 15) is 4.79 Å². The molecule has 1 aliphatic rings. The summed E-state index contributed by atoms with van der Waals surface area (Å²) in [7, 11) is 1.42. The summed E-state index contributed by atoms with van der Waals surface area (Å²) in [5.74, 6) is -0.188. The molecule has 0 aromatic carbocycles. The number of hydrogen-bond donors (Lipinski definition) is 0. The van der Waals surface area contributed by atoms with Crippen LogP contribution in [-0.2, 0) is 9.53 Å². The minimum Gasteiger partial charge on any atom is -0.468 e. The van der Waals surface area contributed by atoms with Crippen molar-refractivity contribution in [3.05, 3.63) is 23.8 Å². The standard InChI is InChI=1S/C10H14O2/c1-8-6-4-5-7-10(8,2)9(11)12-3/h5-7H,4H2,1-3H3. The van der Waals surface area contributed by atoms with Crippen molar-refractivity contribution in [1.29, 1.82) is 0 Å². The van der Waals surface area contributed by atoms with Crippen LogP contribution in [0.4, 0.5) is 0 Å². The second-order valence-corrected chi connectivity index (χ2v) is 3.22. The maximum Gasteiger partial charge on any atom is 0.319 e. The monoisotopic (exact) mass is 166 g/mol. The maximum atomic E-state index is 11.4. The van der Waals surface area contributed by atoms with Crippen LogP contribution in [0.3, 0.4) is 0 Å². The molecule has 0 amide bonds. The molecular weight excluding hydrogens is 152 g/mol. The Hall–Kier alpha value is -1.05. The fourth-order valence-electron chi connectivity index (χ4n) is 1.33. The summed E-state index contributed by atoms with van der Waals surface area (Å²) in [6.45, 7) is 3.83. The molecule has 1 atom stereocenters. The van der Waals surface area contributed by atoms with Crippen molar-refractivity contribution >= 4 is 5.97 Å². The van der Waals surface area contributed by atoms with Gasteiger partial charge in [0.25, 0.3) is 0 Å². The molecule has 0 saturated carbocycles. The lowest BCUT2D eigenvalue weighted by Crippen LogP contribution is -2.29. The summed E-state index contributed by atoms with van der Waals surface area (Å²) >= 11 is 0. The van der Waals surface area contributed by atoms with Gasteiger partial charge >= 0.3 is 5.97 Å².